The van der Waals surface area contributed by atoms with Crippen LogP contribution < -0.4 is 19.7 Å². The smallest absolute Gasteiger partial charge is 0.322 e. The molecule has 0 aliphatic carbocycles. The number of nitrogens with zero attached hydrogens (tertiary/aromatic N) is 2. The van der Waals surface area contributed by atoms with Gasteiger partial charge in [0, 0.05) is 43.0 Å². The number of urea groups is 1. The Kier molecular flexibility index (Phi) is 5.96. The van der Waals surface area contributed by atoms with Crippen LogP contribution in [0, 0.1) is 6.92 Å². The molecule has 7 heteroatoms. The maximum atomic E-state index is 12.7. The summed E-state index contributed by atoms with van der Waals surface area (Å²) in [7, 11) is 3.16. The molecule has 1 aliphatic rings. The fourth-order valence-corrected chi connectivity index (χ4v) is 3.35. The van der Waals surface area contributed by atoms with Crippen molar-refractivity contribution >= 4 is 29.0 Å². The number of halogens is 1. The average molecular weight is 390 g/mol. The van der Waals surface area contributed by atoms with Crippen LogP contribution in [0.5, 0.6) is 11.5 Å². The van der Waals surface area contributed by atoms with Crippen molar-refractivity contribution in [2.45, 2.75) is 6.92 Å². The highest BCUT2D eigenvalue weighted by molar-refractivity contribution is 6.30. The minimum atomic E-state index is -0.149. The third-order valence-corrected chi connectivity index (χ3v) is 4.96. The third-order valence-electron chi connectivity index (χ3n) is 4.73. The molecule has 1 aliphatic heterocycles. The molecule has 0 spiro atoms. The molecule has 2 aromatic carbocycles. The number of piperazine rings is 1. The number of carbonyl (C=O) groups is 1. The van der Waals surface area contributed by atoms with Crippen LogP contribution in [-0.2, 0) is 0 Å². The predicted octanol–water partition coefficient (Wildman–Crippen LogP) is 4.02. The molecule has 0 radical (unpaired) electrons. The van der Waals surface area contributed by atoms with Gasteiger partial charge in [0.1, 0.15) is 11.5 Å². The SMILES string of the molecule is COc1ccc(OC)c(NC(=O)N2CCN(c3cc(Cl)ccc3C)CC2)c1. The van der Waals surface area contributed by atoms with E-state index in [9.17, 15) is 4.79 Å². The summed E-state index contributed by atoms with van der Waals surface area (Å²) in [6.45, 7) is 4.83. The first-order chi connectivity index (χ1) is 13.0. The lowest BCUT2D eigenvalue weighted by molar-refractivity contribution is 0.208. The van der Waals surface area contributed by atoms with E-state index in [1.54, 1.807) is 37.3 Å². The Morgan fingerprint density at radius 2 is 1.78 bits per heavy atom. The second kappa shape index (κ2) is 8.39. The molecule has 144 valence electrons. The number of methoxy groups -OCH3 is 2. The normalized spacial score (nSPS) is 14.1. The van der Waals surface area contributed by atoms with Crippen molar-refractivity contribution in [3.63, 3.8) is 0 Å². The lowest BCUT2D eigenvalue weighted by atomic mass is 10.1. The van der Waals surface area contributed by atoms with Crippen molar-refractivity contribution < 1.29 is 14.3 Å². The Morgan fingerprint density at radius 1 is 1.04 bits per heavy atom. The molecule has 3 rings (SSSR count). The zero-order chi connectivity index (χ0) is 19.4. The van der Waals surface area contributed by atoms with Gasteiger partial charge in [-0.25, -0.2) is 4.79 Å². The highest BCUT2D eigenvalue weighted by atomic mass is 35.5. The van der Waals surface area contributed by atoms with E-state index in [0.29, 0.717) is 30.3 Å². The molecular weight excluding hydrogens is 366 g/mol. The van der Waals surface area contributed by atoms with Gasteiger partial charge in [0.25, 0.3) is 0 Å². The molecule has 1 saturated heterocycles. The van der Waals surface area contributed by atoms with Crippen LogP contribution in [0.15, 0.2) is 36.4 Å². The number of amides is 2. The maximum Gasteiger partial charge on any atom is 0.322 e. The van der Waals surface area contributed by atoms with Gasteiger partial charge in [-0.2, -0.15) is 0 Å². The molecule has 27 heavy (non-hydrogen) atoms. The highest BCUT2D eigenvalue weighted by Gasteiger charge is 2.23. The van der Waals surface area contributed by atoms with Crippen molar-refractivity contribution in [3.8, 4) is 11.5 Å². The van der Waals surface area contributed by atoms with E-state index in [1.165, 1.54) is 5.56 Å². The fraction of sp³-hybridized carbons (Fsp3) is 0.350. The highest BCUT2D eigenvalue weighted by Crippen LogP contribution is 2.29. The largest absolute Gasteiger partial charge is 0.497 e. The predicted molar refractivity (Wildman–Crippen MR) is 109 cm³/mol. The second-order valence-electron chi connectivity index (χ2n) is 6.40. The van der Waals surface area contributed by atoms with Gasteiger partial charge in [0.2, 0.25) is 0 Å². The standard InChI is InChI=1S/C20H24ClN3O3/c1-14-4-5-15(21)12-18(14)23-8-10-24(11-9-23)20(25)22-17-13-16(26-2)6-7-19(17)27-3/h4-7,12-13H,8-11H2,1-3H3,(H,22,25). The number of benzene rings is 2. The molecule has 1 N–H and O–H groups in total. The minimum absolute atomic E-state index is 0.149. The summed E-state index contributed by atoms with van der Waals surface area (Å²) in [6, 6.07) is 11.1. The van der Waals surface area contributed by atoms with Crippen LogP contribution in [0.25, 0.3) is 0 Å². The van der Waals surface area contributed by atoms with Gasteiger partial charge in [-0.1, -0.05) is 17.7 Å². The lowest BCUT2D eigenvalue weighted by Crippen LogP contribution is -2.50. The van der Waals surface area contributed by atoms with Crippen molar-refractivity contribution in [2.75, 3.05) is 50.6 Å². The Bertz CT molecular complexity index is 820. The van der Waals surface area contributed by atoms with Crippen LogP contribution in [0.4, 0.5) is 16.2 Å². The van der Waals surface area contributed by atoms with E-state index in [-0.39, 0.29) is 6.03 Å². The summed E-state index contributed by atoms with van der Waals surface area (Å²) in [5.74, 6) is 1.25. The minimum Gasteiger partial charge on any atom is -0.497 e. The van der Waals surface area contributed by atoms with E-state index >= 15 is 0 Å². The van der Waals surface area contributed by atoms with E-state index in [0.717, 1.165) is 23.8 Å². The number of anilines is 2. The maximum absolute atomic E-state index is 12.7. The molecule has 0 aromatic heterocycles. The summed E-state index contributed by atoms with van der Waals surface area (Å²) >= 11 is 6.14. The zero-order valence-electron chi connectivity index (χ0n) is 15.8. The Labute approximate surface area is 164 Å². The summed E-state index contributed by atoms with van der Waals surface area (Å²) in [5.41, 5.74) is 2.89. The molecule has 0 unspecified atom stereocenters. The third kappa shape index (κ3) is 4.39. The van der Waals surface area contributed by atoms with Crippen molar-refractivity contribution in [1.29, 1.82) is 0 Å². The first-order valence-corrected chi connectivity index (χ1v) is 9.18. The van der Waals surface area contributed by atoms with E-state index in [2.05, 4.69) is 17.1 Å². The number of nitrogens with one attached hydrogen (secondary N) is 1. The van der Waals surface area contributed by atoms with E-state index in [1.807, 2.05) is 18.2 Å². The summed E-state index contributed by atoms with van der Waals surface area (Å²) in [5, 5.41) is 3.65. The summed E-state index contributed by atoms with van der Waals surface area (Å²) in [4.78, 5) is 16.7. The molecule has 0 saturated carbocycles. The van der Waals surface area contributed by atoms with Crippen molar-refractivity contribution in [2.24, 2.45) is 0 Å². The molecule has 6 nitrogen and oxygen atoms in total. The van der Waals surface area contributed by atoms with Gasteiger partial charge >= 0.3 is 6.03 Å². The number of rotatable bonds is 4. The van der Waals surface area contributed by atoms with Crippen LogP contribution in [0.2, 0.25) is 5.02 Å². The molecule has 1 fully saturated rings. The molecule has 2 aromatic rings. The lowest BCUT2D eigenvalue weighted by Gasteiger charge is -2.36. The van der Waals surface area contributed by atoms with Crippen molar-refractivity contribution in [3.05, 3.63) is 47.0 Å². The van der Waals surface area contributed by atoms with Crippen molar-refractivity contribution in [1.82, 2.24) is 4.90 Å². The number of ether oxygens (including phenoxy) is 2. The average Bonchev–Trinajstić information content (AvgIpc) is 2.69. The first-order valence-electron chi connectivity index (χ1n) is 8.81. The number of hydrogen-bond acceptors (Lipinski definition) is 4. The van der Waals surface area contributed by atoms with E-state index < -0.39 is 0 Å². The first kappa shape index (κ1) is 19.2. The monoisotopic (exact) mass is 389 g/mol. The Hall–Kier alpha value is -2.60. The molecule has 0 atom stereocenters. The molecule has 2 amide bonds. The van der Waals surface area contributed by atoms with Gasteiger partial charge in [-0.05, 0) is 36.8 Å². The van der Waals surface area contributed by atoms with Gasteiger partial charge in [-0.3, -0.25) is 0 Å². The molecule has 1 heterocycles. The summed E-state index contributed by atoms with van der Waals surface area (Å²) in [6.07, 6.45) is 0. The fourth-order valence-electron chi connectivity index (χ4n) is 3.18. The second-order valence-corrected chi connectivity index (χ2v) is 6.84. The number of carbonyl (C=O) groups excluding carboxylic acids is 1. The molecular formula is C20H24ClN3O3. The van der Waals surface area contributed by atoms with Gasteiger partial charge in [0.15, 0.2) is 0 Å². The van der Waals surface area contributed by atoms with Crippen LogP contribution in [0.3, 0.4) is 0 Å². The number of hydrogen-bond donors (Lipinski definition) is 1. The quantitative estimate of drug-likeness (QED) is 0.858. The Morgan fingerprint density at radius 3 is 2.44 bits per heavy atom. The van der Waals surface area contributed by atoms with E-state index in [4.69, 9.17) is 21.1 Å². The van der Waals surface area contributed by atoms with Gasteiger partial charge in [-0.15, -0.1) is 0 Å². The van der Waals surface area contributed by atoms with Gasteiger partial charge < -0.3 is 24.6 Å². The van der Waals surface area contributed by atoms with Crippen LogP contribution in [-0.4, -0.2) is 51.3 Å². The molecule has 0 bridgehead atoms. The van der Waals surface area contributed by atoms with Crippen LogP contribution >= 0.6 is 11.6 Å². The zero-order valence-corrected chi connectivity index (χ0v) is 16.5. The summed E-state index contributed by atoms with van der Waals surface area (Å²) < 4.78 is 10.6. The van der Waals surface area contributed by atoms with Crippen LogP contribution in [0.1, 0.15) is 5.56 Å². The number of aryl methyl sites for hydroxylation is 1. The topological polar surface area (TPSA) is 54.0 Å². The van der Waals surface area contributed by atoms with Gasteiger partial charge in [0.05, 0.1) is 19.9 Å². The Balaban J connectivity index is 1.64.